The average Bonchev–Trinajstić information content (AvgIpc) is 3.90. The van der Waals surface area contributed by atoms with Gasteiger partial charge in [-0.25, -0.2) is 4.79 Å². The van der Waals surface area contributed by atoms with Crippen LogP contribution in [-0.4, -0.2) is 114 Å². The van der Waals surface area contributed by atoms with Crippen molar-refractivity contribution in [2.45, 2.75) is 50.0 Å². The first kappa shape index (κ1) is 37.8. The summed E-state index contributed by atoms with van der Waals surface area (Å²) in [6.07, 6.45) is -1.65. The number of hydrogen-bond acceptors (Lipinski definition) is 10. The van der Waals surface area contributed by atoms with Crippen LogP contribution in [0.1, 0.15) is 30.5 Å². The van der Waals surface area contributed by atoms with Gasteiger partial charge in [-0.2, -0.15) is 28.4 Å². The molecule has 52 heavy (non-hydrogen) atoms. The number of nitrogens with one attached hydrogen (secondary N) is 1. The number of carboxylic acids is 1. The third kappa shape index (κ3) is 8.71. The number of aliphatic carboxylic acids is 1. The van der Waals surface area contributed by atoms with Gasteiger partial charge in [-0.15, -0.1) is 0 Å². The van der Waals surface area contributed by atoms with Crippen LogP contribution in [0.3, 0.4) is 0 Å². The van der Waals surface area contributed by atoms with E-state index in [2.05, 4.69) is 64.2 Å². The summed E-state index contributed by atoms with van der Waals surface area (Å²) in [7, 11) is 3.93. The minimum Gasteiger partial charge on any atom is -0.475 e. The Balaban J connectivity index is 0.000000679. The number of anilines is 2. The lowest BCUT2D eigenvalue weighted by Gasteiger charge is -2.42. The number of carboxylic acid groups (broad SMARTS) is 1. The molecule has 16 heteroatoms. The molecule has 13 nitrogen and oxygen atoms in total. The van der Waals surface area contributed by atoms with Gasteiger partial charge >= 0.3 is 18.2 Å². The van der Waals surface area contributed by atoms with Crippen LogP contribution in [0.5, 0.6) is 6.01 Å². The number of nitriles is 1. The molecule has 276 valence electrons. The molecular weight excluding hydrogens is 681 g/mol. The maximum Gasteiger partial charge on any atom is 0.490 e. The Morgan fingerprint density at radius 1 is 1.12 bits per heavy atom. The van der Waals surface area contributed by atoms with Crippen molar-refractivity contribution in [1.82, 2.24) is 25.1 Å². The minimum absolute atomic E-state index is 0.143. The second kappa shape index (κ2) is 15.9. The molecule has 1 saturated carbocycles. The summed E-state index contributed by atoms with van der Waals surface area (Å²) in [5.41, 5.74) is 2.07. The van der Waals surface area contributed by atoms with E-state index in [4.69, 9.17) is 24.6 Å². The lowest BCUT2D eigenvalue weighted by atomic mass is 10.0. The number of fused-ring (bicyclic) bond motifs is 2. The number of ether oxygens (including phenoxy) is 1. The van der Waals surface area contributed by atoms with Gasteiger partial charge in [0.25, 0.3) is 5.91 Å². The SMILES string of the molecule is C=CC(=O)N1CCN(c2nc(OC3(C(=O)NCCN(C)C)CC3)nc3c2CCN(c2cccc4ccccc24)C3)C[C@@H]1CC#N.O=C(O)C(F)(F)F. The van der Waals surface area contributed by atoms with Crippen LogP contribution in [0.4, 0.5) is 24.7 Å². The highest BCUT2D eigenvalue weighted by Gasteiger charge is 2.54. The Morgan fingerprint density at radius 2 is 1.83 bits per heavy atom. The molecule has 0 unspecified atom stereocenters. The summed E-state index contributed by atoms with van der Waals surface area (Å²) in [5, 5.41) is 22.0. The highest BCUT2D eigenvalue weighted by atomic mass is 19.4. The lowest BCUT2D eigenvalue weighted by Crippen LogP contribution is -2.55. The first-order valence-electron chi connectivity index (χ1n) is 16.9. The van der Waals surface area contributed by atoms with Crippen LogP contribution in [0.25, 0.3) is 10.8 Å². The molecule has 3 aliphatic rings. The lowest BCUT2D eigenvalue weighted by molar-refractivity contribution is -0.192. The first-order chi connectivity index (χ1) is 24.8. The number of rotatable bonds is 10. The third-order valence-corrected chi connectivity index (χ3v) is 9.19. The minimum atomic E-state index is -5.08. The maximum atomic E-state index is 13.2. The highest BCUT2D eigenvalue weighted by Crippen LogP contribution is 2.41. The van der Waals surface area contributed by atoms with Gasteiger partial charge in [-0.1, -0.05) is 43.0 Å². The fraction of sp³-hybridized carbons (Fsp3) is 0.444. The van der Waals surface area contributed by atoms with Crippen LogP contribution < -0.4 is 19.9 Å². The number of halogens is 3. The maximum absolute atomic E-state index is 13.2. The van der Waals surface area contributed by atoms with Gasteiger partial charge in [0.15, 0.2) is 5.60 Å². The normalized spacial score (nSPS) is 17.7. The molecule has 2 amide bonds. The van der Waals surface area contributed by atoms with Crippen molar-refractivity contribution in [3.05, 3.63) is 66.4 Å². The monoisotopic (exact) mass is 722 g/mol. The van der Waals surface area contributed by atoms with E-state index in [0.29, 0.717) is 45.6 Å². The molecule has 2 fully saturated rings. The van der Waals surface area contributed by atoms with E-state index in [-0.39, 0.29) is 30.3 Å². The van der Waals surface area contributed by atoms with E-state index in [1.54, 1.807) is 4.90 Å². The van der Waals surface area contributed by atoms with Crippen molar-refractivity contribution in [2.24, 2.45) is 0 Å². The summed E-state index contributed by atoms with van der Waals surface area (Å²) in [6, 6.07) is 16.9. The summed E-state index contributed by atoms with van der Waals surface area (Å²) >= 11 is 0. The Hall–Kier alpha value is -5.43. The molecule has 2 aliphatic heterocycles. The summed E-state index contributed by atoms with van der Waals surface area (Å²) in [5.74, 6) is -2.32. The molecular formula is C36H41F3N8O5. The Labute approximate surface area is 299 Å². The van der Waals surface area contributed by atoms with Crippen molar-refractivity contribution in [3.63, 3.8) is 0 Å². The van der Waals surface area contributed by atoms with Gasteiger partial charge < -0.3 is 34.8 Å². The summed E-state index contributed by atoms with van der Waals surface area (Å²) < 4.78 is 38.1. The quantitative estimate of drug-likeness (QED) is 0.296. The average molecular weight is 723 g/mol. The van der Waals surface area contributed by atoms with Gasteiger partial charge in [0.05, 0.1) is 30.8 Å². The highest BCUT2D eigenvalue weighted by molar-refractivity contribution is 5.94. The van der Waals surface area contributed by atoms with Crippen molar-refractivity contribution in [2.75, 3.05) is 63.2 Å². The predicted octanol–water partition coefficient (Wildman–Crippen LogP) is 3.53. The summed E-state index contributed by atoms with van der Waals surface area (Å²) in [6.45, 7) is 7.71. The van der Waals surface area contributed by atoms with Crippen LogP contribution in [-0.2, 0) is 27.3 Å². The van der Waals surface area contributed by atoms with E-state index in [1.807, 2.05) is 25.1 Å². The second-order valence-corrected chi connectivity index (χ2v) is 13.1. The number of nitrogens with zero attached hydrogens (tertiary/aromatic N) is 7. The van der Waals surface area contributed by atoms with E-state index >= 15 is 0 Å². The number of amides is 2. The zero-order valence-electron chi connectivity index (χ0n) is 29.0. The van der Waals surface area contributed by atoms with Gasteiger partial charge in [-0.05, 0) is 38.0 Å². The third-order valence-electron chi connectivity index (χ3n) is 9.19. The van der Waals surface area contributed by atoms with E-state index in [1.165, 1.54) is 16.8 Å². The van der Waals surface area contributed by atoms with Gasteiger partial charge in [0, 0.05) is 68.7 Å². The van der Waals surface area contributed by atoms with Crippen LogP contribution in [0.2, 0.25) is 0 Å². The van der Waals surface area contributed by atoms with E-state index in [0.717, 1.165) is 42.3 Å². The van der Waals surface area contributed by atoms with Gasteiger partial charge in [-0.3, -0.25) is 9.59 Å². The molecule has 1 aromatic heterocycles. The van der Waals surface area contributed by atoms with Gasteiger partial charge in [0.2, 0.25) is 5.91 Å². The van der Waals surface area contributed by atoms with Crippen LogP contribution in [0, 0.1) is 11.3 Å². The Morgan fingerprint density at radius 3 is 2.48 bits per heavy atom. The molecule has 0 spiro atoms. The number of aromatic nitrogens is 2. The zero-order valence-corrected chi connectivity index (χ0v) is 29.0. The first-order valence-corrected chi connectivity index (χ1v) is 16.9. The van der Waals surface area contributed by atoms with Crippen molar-refractivity contribution in [1.29, 1.82) is 5.26 Å². The van der Waals surface area contributed by atoms with Crippen molar-refractivity contribution < 1.29 is 37.4 Å². The topological polar surface area (TPSA) is 155 Å². The molecule has 3 heterocycles. The molecule has 1 atom stereocenters. The predicted molar refractivity (Wildman–Crippen MR) is 187 cm³/mol. The van der Waals surface area contributed by atoms with E-state index < -0.39 is 17.7 Å². The molecule has 3 aromatic rings. The molecule has 6 rings (SSSR count). The van der Waals surface area contributed by atoms with Crippen molar-refractivity contribution in [3.8, 4) is 12.1 Å². The molecule has 1 aliphatic carbocycles. The molecule has 1 saturated heterocycles. The van der Waals surface area contributed by atoms with Crippen LogP contribution >= 0.6 is 0 Å². The summed E-state index contributed by atoms with van der Waals surface area (Å²) in [4.78, 5) is 52.7. The fourth-order valence-corrected chi connectivity index (χ4v) is 6.34. The number of likely N-dealkylation sites (N-methyl/N-ethyl adjacent to an activating group) is 1. The van der Waals surface area contributed by atoms with Crippen LogP contribution in [0.15, 0.2) is 55.1 Å². The smallest absolute Gasteiger partial charge is 0.475 e. The molecule has 0 radical (unpaired) electrons. The molecule has 2 N–H and O–H groups in total. The number of carbonyl (C=O) groups excluding carboxylic acids is 2. The Bertz CT molecular complexity index is 1850. The number of carbonyl (C=O) groups is 3. The molecule has 2 aromatic carbocycles. The number of hydrogen-bond donors (Lipinski definition) is 2. The van der Waals surface area contributed by atoms with Crippen molar-refractivity contribution >= 4 is 40.1 Å². The fourth-order valence-electron chi connectivity index (χ4n) is 6.34. The molecule has 0 bridgehead atoms. The Kier molecular flexibility index (Phi) is 11.5. The number of piperazine rings is 1. The zero-order chi connectivity index (χ0) is 37.6. The largest absolute Gasteiger partial charge is 0.490 e. The van der Waals surface area contributed by atoms with E-state index in [9.17, 15) is 28.0 Å². The standard InChI is InChI=1S/C34H40N8O3.C2HF3O2/c1-4-30(43)42-21-20-41(22-25(42)12-16-35)31-27-13-18-40(29-11-7-9-24-8-5-6-10-26(24)29)23-28(27)37-33(38-31)45-34(14-15-34)32(44)36-17-19-39(2)3;3-2(4,5)1(6)7/h4-11,25H,1,12-15,17-23H2,2-3H3,(H,36,44);(H,6,7)/t25-;/m0./s1. The van der Waals surface area contributed by atoms with Gasteiger partial charge in [0.1, 0.15) is 5.82 Å². The number of alkyl halides is 3. The number of benzene rings is 2. The second-order valence-electron chi connectivity index (χ2n) is 13.1.